The third-order valence-electron chi connectivity index (χ3n) is 3.56. The molecule has 1 aliphatic heterocycles. The topological polar surface area (TPSA) is 73.6 Å². The Morgan fingerprint density at radius 3 is 3.04 bits per heavy atom. The molecule has 0 radical (unpaired) electrons. The molecule has 0 spiro atoms. The van der Waals surface area contributed by atoms with Crippen LogP contribution in [-0.4, -0.2) is 30.3 Å². The van der Waals surface area contributed by atoms with Crippen molar-refractivity contribution in [3.63, 3.8) is 0 Å². The van der Waals surface area contributed by atoms with Crippen molar-refractivity contribution in [3.05, 3.63) is 35.5 Å². The van der Waals surface area contributed by atoms with Gasteiger partial charge in [-0.3, -0.25) is 4.79 Å². The van der Waals surface area contributed by atoms with Crippen LogP contribution in [0.1, 0.15) is 36.3 Å². The van der Waals surface area contributed by atoms with Crippen molar-refractivity contribution in [1.29, 1.82) is 0 Å². The number of nitrogens with zero attached hydrogens (tertiary/aromatic N) is 1. The van der Waals surface area contributed by atoms with E-state index in [-0.39, 0.29) is 18.6 Å². The number of para-hydroxylation sites is 1. The van der Waals surface area contributed by atoms with Gasteiger partial charge in [-0.2, -0.15) is 0 Å². The Balaban J connectivity index is 1.64. The number of ether oxygens (including phenoxy) is 2. The monoisotopic (exact) mass is 316 g/mol. The lowest BCUT2D eigenvalue weighted by molar-refractivity contribution is 0.0756. The van der Waals surface area contributed by atoms with Gasteiger partial charge in [0, 0.05) is 13.2 Å². The number of nitrogens with one attached hydrogen (secondary N) is 1. The minimum Gasteiger partial charge on any atom is -0.488 e. The van der Waals surface area contributed by atoms with E-state index in [9.17, 15) is 4.79 Å². The molecule has 1 aromatic carbocycles. The molecular formula is C17H20N2O4. The Morgan fingerprint density at radius 2 is 2.22 bits per heavy atom. The van der Waals surface area contributed by atoms with Gasteiger partial charge in [-0.1, -0.05) is 17.3 Å². The molecule has 1 aliphatic rings. The van der Waals surface area contributed by atoms with Gasteiger partial charge in [0.15, 0.2) is 11.5 Å². The third kappa shape index (κ3) is 3.37. The number of hydrogen-bond acceptors (Lipinski definition) is 5. The quantitative estimate of drug-likeness (QED) is 0.830. The summed E-state index contributed by atoms with van der Waals surface area (Å²) in [5.74, 6) is 1.11. The van der Waals surface area contributed by atoms with Crippen LogP contribution in [0.25, 0.3) is 11.3 Å². The van der Waals surface area contributed by atoms with Gasteiger partial charge in [0.2, 0.25) is 0 Å². The van der Waals surface area contributed by atoms with Crippen molar-refractivity contribution in [2.45, 2.75) is 33.0 Å². The molecule has 0 unspecified atom stereocenters. The van der Waals surface area contributed by atoms with Gasteiger partial charge >= 0.3 is 0 Å². The SMILES string of the molecule is CC(C)OCCCNC(=O)c1noc2c1COc1ccccc1-2. The van der Waals surface area contributed by atoms with Crippen molar-refractivity contribution in [2.24, 2.45) is 0 Å². The van der Waals surface area contributed by atoms with Crippen LogP contribution in [0.4, 0.5) is 0 Å². The first-order valence-electron chi connectivity index (χ1n) is 7.77. The lowest BCUT2D eigenvalue weighted by Crippen LogP contribution is -2.27. The second kappa shape index (κ2) is 6.83. The highest BCUT2D eigenvalue weighted by Crippen LogP contribution is 2.38. The van der Waals surface area contributed by atoms with Crippen LogP contribution in [0, 0.1) is 0 Å². The Kier molecular flexibility index (Phi) is 4.62. The van der Waals surface area contributed by atoms with Gasteiger partial charge in [-0.15, -0.1) is 0 Å². The number of rotatable bonds is 6. The summed E-state index contributed by atoms with van der Waals surface area (Å²) in [6, 6.07) is 7.56. The molecule has 122 valence electrons. The molecule has 6 heteroatoms. The molecule has 0 aliphatic carbocycles. The second-order valence-electron chi connectivity index (χ2n) is 5.65. The molecule has 0 atom stereocenters. The molecule has 0 saturated carbocycles. The average Bonchev–Trinajstić information content (AvgIpc) is 2.98. The van der Waals surface area contributed by atoms with E-state index in [1.165, 1.54) is 0 Å². The van der Waals surface area contributed by atoms with Crippen LogP contribution in [0.2, 0.25) is 0 Å². The molecule has 2 heterocycles. The first-order valence-corrected chi connectivity index (χ1v) is 7.77. The molecule has 2 aromatic rings. The first kappa shape index (κ1) is 15.6. The molecule has 0 bridgehead atoms. The number of benzene rings is 1. The van der Waals surface area contributed by atoms with Gasteiger partial charge < -0.3 is 19.3 Å². The predicted octanol–water partition coefficient (Wildman–Crippen LogP) is 2.78. The smallest absolute Gasteiger partial charge is 0.273 e. The molecule has 6 nitrogen and oxygen atoms in total. The fraction of sp³-hybridized carbons (Fsp3) is 0.412. The van der Waals surface area contributed by atoms with Crippen molar-refractivity contribution in [1.82, 2.24) is 10.5 Å². The highest BCUT2D eigenvalue weighted by molar-refractivity contribution is 5.95. The molecular weight excluding hydrogens is 296 g/mol. The van der Waals surface area contributed by atoms with Crippen LogP contribution in [0.15, 0.2) is 28.8 Å². The minimum absolute atomic E-state index is 0.200. The van der Waals surface area contributed by atoms with Crippen LogP contribution < -0.4 is 10.1 Å². The standard InChI is InChI=1S/C17H20N2O4/c1-11(2)21-9-5-8-18-17(20)15-13-10-22-14-7-4-3-6-12(14)16(13)23-19-15/h3-4,6-7,11H,5,8-10H2,1-2H3,(H,18,20). The minimum atomic E-state index is -0.248. The van der Waals surface area contributed by atoms with Gasteiger partial charge in [0.25, 0.3) is 5.91 Å². The molecule has 0 fully saturated rings. The highest BCUT2D eigenvalue weighted by atomic mass is 16.5. The molecule has 1 aromatic heterocycles. The Bertz CT molecular complexity index is 694. The Labute approximate surface area is 134 Å². The zero-order valence-electron chi connectivity index (χ0n) is 13.3. The summed E-state index contributed by atoms with van der Waals surface area (Å²) in [6.07, 6.45) is 0.953. The summed E-state index contributed by atoms with van der Waals surface area (Å²) in [6.45, 7) is 5.40. The van der Waals surface area contributed by atoms with E-state index in [0.29, 0.717) is 30.2 Å². The lowest BCUT2D eigenvalue weighted by Gasteiger charge is -2.15. The van der Waals surface area contributed by atoms with E-state index in [1.54, 1.807) is 0 Å². The van der Waals surface area contributed by atoms with E-state index < -0.39 is 0 Å². The summed E-state index contributed by atoms with van der Waals surface area (Å²) in [7, 11) is 0. The maximum Gasteiger partial charge on any atom is 0.273 e. The van der Waals surface area contributed by atoms with E-state index in [1.807, 2.05) is 38.1 Å². The third-order valence-corrected chi connectivity index (χ3v) is 3.56. The Morgan fingerprint density at radius 1 is 1.39 bits per heavy atom. The second-order valence-corrected chi connectivity index (χ2v) is 5.65. The summed E-state index contributed by atoms with van der Waals surface area (Å²) in [4.78, 5) is 12.3. The Hall–Kier alpha value is -2.34. The highest BCUT2D eigenvalue weighted by Gasteiger charge is 2.28. The van der Waals surface area contributed by atoms with E-state index in [4.69, 9.17) is 14.0 Å². The maximum atomic E-state index is 12.3. The number of carbonyl (C=O) groups is 1. The van der Waals surface area contributed by atoms with Gasteiger partial charge in [-0.05, 0) is 32.4 Å². The number of carbonyl (C=O) groups excluding carboxylic acids is 1. The molecule has 0 saturated heterocycles. The van der Waals surface area contributed by atoms with Crippen LogP contribution in [0.5, 0.6) is 5.75 Å². The van der Waals surface area contributed by atoms with Crippen LogP contribution in [-0.2, 0) is 11.3 Å². The number of hydrogen-bond donors (Lipinski definition) is 1. The van der Waals surface area contributed by atoms with Gasteiger partial charge in [0.1, 0.15) is 12.4 Å². The number of fused-ring (bicyclic) bond motifs is 3. The molecule has 23 heavy (non-hydrogen) atoms. The number of amides is 1. The molecule has 1 N–H and O–H groups in total. The summed E-state index contributed by atoms with van der Waals surface area (Å²) in [5, 5.41) is 6.76. The fourth-order valence-electron chi connectivity index (χ4n) is 2.44. The number of aromatic nitrogens is 1. The van der Waals surface area contributed by atoms with E-state index in [2.05, 4.69) is 10.5 Å². The fourth-order valence-corrected chi connectivity index (χ4v) is 2.44. The van der Waals surface area contributed by atoms with Crippen molar-refractivity contribution < 1.29 is 18.8 Å². The van der Waals surface area contributed by atoms with Crippen LogP contribution in [0.3, 0.4) is 0 Å². The lowest BCUT2D eigenvalue weighted by atomic mass is 10.0. The summed E-state index contributed by atoms with van der Waals surface area (Å²) < 4.78 is 16.5. The zero-order valence-corrected chi connectivity index (χ0v) is 13.3. The predicted molar refractivity (Wildman–Crippen MR) is 84.3 cm³/mol. The van der Waals surface area contributed by atoms with Crippen LogP contribution >= 0.6 is 0 Å². The van der Waals surface area contributed by atoms with E-state index >= 15 is 0 Å². The van der Waals surface area contributed by atoms with Gasteiger partial charge in [0.05, 0.1) is 17.2 Å². The molecule has 3 rings (SSSR count). The van der Waals surface area contributed by atoms with Crippen molar-refractivity contribution in [2.75, 3.05) is 13.2 Å². The summed E-state index contributed by atoms with van der Waals surface area (Å²) >= 11 is 0. The maximum absolute atomic E-state index is 12.3. The average molecular weight is 316 g/mol. The van der Waals surface area contributed by atoms with Crippen molar-refractivity contribution >= 4 is 5.91 Å². The van der Waals surface area contributed by atoms with Crippen molar-refractivity contribution in [3.8, 4) is 17.1 Å². The van der Waals surface area contributed by atoms with E-state index in [0.717, 1.165) is 17.7 Å². The largest absolute Gasteiger partial charge is 0.488 e. The first-order chi connectivity index (χ1) is 11.2. The summed E-state index contributed by atoms with van der Waals surface area (Å²) in [5.41, 5.74) is 1.81. The zero-order chi connectivity index (χ0) is 16.2. The normalized spacial score (nSPS) is 12.5. The van der Waals surface area contributed by atoms with Gasteiger partial charge in [-0.25, -0.2) is 0 Å². The molecule has 1 amide bonds.